The third-order valence-electron chi connectivity index (χ3n) is 3.50. The molecule has 0 amide bonds. The van der Waals surface area contributed by atoms with Crippen molar-refractivity contribution in [2.24, 2.45) is 9.98 Å². The summed E-state index contributed by atoms with van der Waals surface area (Å²) in [6, 6.07) is 6.59. The number of halogens is 2. The van der Waals surface area contributed by atoms with Gasteiger partial charge in [-0.2, -0.15) is 0 Å². The van der Waals surface area contributed by atoms with Crippen LogP contribution in [-0.2, 0) is 0 Å². The van der Waals surface area contributed by atoms with Gasteiger partial charge in [0, 0.05) is 32.5 Å². The van der Waals surface area contributed by atoms with Gasteiger partial charge in [0.2, 0.25) is 0 Å². The molecule has 2 aromatic rings. The molecule has 9 heteroatoms. The number of aliphatic hydroxyl groups excluding tert-OH is 1. The second-order valence-corrected chi connectivity index (χ2v) is 7.29. The van der Waals surface area contributed by atoms with Gasteiger partial charge in [0.05, 0.1) is 27.0 Å². The Morgan fingerprint density at radius 1 is 0.929 bits per heavy atom. The number of benzene rings is 2. The van der Waals surface area contributed by atoms with Gasteiger partial charge in [-0.05, 0) is 24.3 Å². The van der Waals surface area contributed by atoms with E-state index in [9.17, 15) is 15.3 Å². The molecule has 0 saturated heterocycles. The van der Waals surface area contributed by atoms with Crippen LogP contribution in [0.2, 0.25) is 0 Å². The minimum Gasteiger partial charge on any atom is -0.509 e. The number of phenolic OH excluding ortho intramolecular Hbond substituents is 2. The van der Waals surface area contributed by atoms with E-state index in [1.54, 1.807) is 24.3 Å². The Balaban J connectivity index is 2.08. The Labute approximate surface area is 178 Å². The van der Waals surface area contributed by atoms with Crippen molar-refractivity contribution in [3.63, 3.8) is 0 Å². The Morgan fingerprint density at radius 3 is 1.93 bits per heavy atom. The molecule has 0 spiro atoms. The summed E-state index contributed by atoms with van der Waals surface area (Å²) in [7, 11) is 2.90. The number of hydrogen-bond acceptors (Lipinski definition) is 7. The highest BCUT2D eigenvalue weighted by atomic mass is 79.9. The van der Waals surface area contributed by atoms with E-state index in [1.165, 1.54) is 32.8 Å². The van der Waals surface area contributed by atoms with Gasteiger partial charge in [-0.15, -0.1) is 0 Å². The van der Waals surface area contributed by atoms with E-state index in [-0.39, 0.29) is 23.8 Å². The van der Waals surface area contributed by atoms with Crippen LogP contribution in [0.3, 0.4) is 0 Å². The average molecular weight is 514 g/mol. The van der Waals surface area contributed by atoms with Crippen LogP contribution >= 0.6 is 31.9 Å². The molecule has 0 atom stereocenters. The molecule has 28 heavy (non-hydrogen) atoms. The molecule has 0 fully saturated rings. The van der Waals surface area contributed by atoms with Crippen molar-refractivity contribution < 1.29 is 24.8 Å². The highest BCUT2D eigenvalue weighted by Crippen LogP contribution is 2.33. The summed E-state index contributed by atoms with van der Waals surface area (Å²) < 4.78 is 11.6. The summed E-state index contributed by atoms with van der Waals surface area (Å²) in [4.78, 5) is 8.05. The summed E-state index contributed by atoms with van der Waals surface area (Å²) in [6.45, 7) is -0.0423. The normalized spacial score (nSPS) is 12.1. The molecular weight excluding hydrogens is 496 g/mol. The fraction of sp³-hybridized carbons (Fsp3) is 0.158. The largest absolute Gasteiger partial charge is 0.509 e. The van der Waals surface area contributed by atoms with E-state index in [2.05, 4.69) is 41.8 Å². The van der Waals surface area contributed by atoms with E-state index >= 15 is 0 Å². The van der Waals surface area contributed by atoms with Gasteiger partial charge in [0.1, 0.15) is 5.76 Å². The lowest BCUT2D eigenvalue weighted by atomic mass is 10.2. The second kappa shape index (κ2) is 10.1. The summed E-state index contributed by atoms with van der Waals surface area (Å²) in [6.07, 6.45) is 4.01. The molecule has 2 rings (SSSR count). The fourth-order valence-corrected chi connectivity index (χ4v) is 3.09. The first kappa shape index (κ1) is 21.8. The molecule has 0 saturated carbocycles. The van der Waals surface area contributed by atoms with Gasteiger partial charge in [0.15, 0.2) is 23.0 Å². The van der Waals surface area contributed by atoms with Crippen LogP contribution in [0.15, 0.2) is 55.2 Å². The molecular formula is C19H18Br2N2O5. The van der Waals surface area contributed by atoms with Crippen LogP contribution in [0.5, 0.6) is 23.0 Å². The zero-order chi connectivity index (χ0) is 20.7. The smallest absolute Gasteiger partial charge is 0.166 e. The average Bonchev–Trinajstić information content (AvgIpc) is 2.66. The number of aromatic hydroxyl groups is 2. The predicted octanol–water partition coefficient (Wildman–Crippen LogP) is 4.58. The first-order valence-corrected chi connectivity index (χ1v) is 9.48. The van der Waals surface area contributed by atoms with Crippen LogP contribution in [0, 0.1) is 0 Å². The molecule has 0 bridgehead atoms. The Hall–Kier alpha value is -2.52. The third-order valence-corrected chi connectivity index (χ3v) is 4.41. The molecule has 0 radical (unpaired) electrons. The maximum absolute atomic E-state index is 10.1. The molecule has 3 N–H and O–H groups in total. The van der Waals surface area contributed by atoms with Crippen molar-refractivity contribution in [2.75, 3.05) is 20.8 Å². The van der Waals surface area contributed by atoms with Crippen LogP contribution in [0.1, 0.15) is 11.1 Å². The molecule has 0 aromatic heterocycles. The minimum absolute atomic E-state index is 0.0423. The van der Waals surface area contributed by atoms with Gasteiger partial charge in [0.25, 0.3) is 0 Å². The number of rotatable bonds is 7. The van der Waals surface area contributed by atoms with Gasteiger partial charge >= 0.3 is 0 Å². The van der Waals surface area contributed by atoms with Crippen LogP contribution in [0.4, 0.5) is 0 Å². The van der Waals surface area contributed by atoms with Crippen molar-refractivity contribution >= 4 is 44.3 Å². The molecule has 0 aliphatic rings. The van der Waals surface area contributed by atoms with Crippen LogP contribution in [-0.4, -0.2) is 48.5 Å². The fourth-order valence-electron chi connectivity index (χ4n) is 2.18. The molecule has 0 aliphatic heterocycles. The Bertz CT molecular complexity index is 942. The first-order valence-electron chi connectivity index (χ1n) is 7.89. The monoisotopic (exact) mass is 512 g/mol. The number of aliphatic hydroxyl groups is 1. The van der Waals surface area contributed by atoms with E-state index in [4.69, 9.17) is 9.47 Å². The third kappa shape index (κ3) is 5.74. The summed E-state index contributed by atoms with van der Waals surface area (Å²) >= 11 is 6.64. The quantitative estimate of drug-likeness (QED) is 0.371. The minimum atomic E-state index is -0.101. The SMILES string of the molecule is COc1cc(Br)cc(C=N/C=C(\O)CN=Cc2cc(Br)cc(OC)c2O)c1O. The van der Waals surface area contributed by atoms with Crippen LogP contribution < -0.4 is 9.47 Å². The number of phenols is 2. The Kier molecular flexibility index (Phi) is 7.89. The van der Waals surface area contributed by atoms with E-state index in [0.29, 0.717) is 27.1 Å². The van der Waals surface area contributed by atoms with Gasteiger partial charge in [-0.1, -0.05) is 31.9 Å². The van der Waals surface area contributed by atoms with Crippen molar-refractivity contribution in [3.05, 3.63) is 56.3 Å². The number of nitrogens with zero attached hydrogens (tertiary/aromatic N) is 2. The zero-order valence-corrected chi connectivity index (χ0v) is 18.2. The zero-order valence-electron chi connectivity index (χ0n) is 15.1. The van der Waals surface area contributed by atoms with Crippen molar-refractivity contribution in [2.45, 2.75) is 0 Å². The number of hydrogen-bond donors (Lipinski definition) is 3. The lowest BCUT2D eigenvalue weighted by Gasteiger charge is -2.06. The number of methoxy groups -OCH3 is 2. The first-order chi connectivity index (χ1) is 13.3. The predicted molar refractivity (Wildman–Crippen MR) is 115 cm³/mol. The lowest BCUT2D eigenvalue weighted by molar-refractivity contribution is 0.373. The summed E-state index contributed by atoms with van der Waals surface area (Å²) in [5.74, 6) is 0.409. The topological polar surface area (TPSA) is 104 Å². The van der Waals surface area contributed by atoms with Crippen molar-refractivity contribution in [1.82, 2.24) is 0 Å². The van der Waals surface area contributed by atoms with Crippen molar-refractivity contribution in [3.8, 4) is 23.0 Å². The molecule has 0 unspecified atom stereocenters. The van der Waals surface area contributed by atoms with Crippen molar-refractivity contribution in [1.29, 1.82) is 0 Å². The molecule has 0 heterocycles. The highest BCUT2D eigenvalue weighted by molar-refractivity contribution is 9.10. The highest BCUT2D eigenvalue weighted by Gasteiger charge is 2.09. The molecule has 148 valence electrons. The standard InChI is InChI=1S/C19H18Br2N2O5/c1-27-16-5-13(20)3-11(18(16)25)7-22-9-15(24)10-23-8-12-4-14(21)6-17(28-2)19(12)26/h3-9,24-26H,10H2,1-2H3/b15-9-,22-7?,23-8?. The van der Waals surface area contributed by atoms with E-state index in [0.717, 1.165) is 4.47 Å². The van der Waals surface area contributed by atoms with E-state index < -0.39 is 0 Å². The van der Waals surface area contributed by atoms with Gasteiger partial charge < -0.3 is 24.8 Å². The maximum Gasteiger partial charge on any atom is 0.166 e. The summed E-state index contributed by atoms with van der Waals surface area (Å²) in [5, 5.41) is 30.0. The molecule has 7 nitrogen and oxygen atoms in total. The van der Waals surface area contributed by atoms with Crippen LogP contribution in [0.25, 0.3) is 0 Å². The van der Waals surface area contributed by atoms with E-state index in [1.807, 2.05) is 0 Å². The van der Waals surface area contributed by atoms with Gasteiger partial charge in [-0.3, -0.25) is 9.98 Å². The Morgan fingerprint density at radius 2 is 1.43 bits per heavy atom. The molecule has 0 aliphatic carbocycles. The van der Waals surface area contributed by atoms with Gasteiger partial charge in [-0.25, -0.2) is 0 Å². The second-order valence-electron chi connectivity index (χ2n) is 5.46. The number of ether oxygens (including phenoxy) is 2. The number of aliphatic imine (C=N–C) groups is 2. The summed E-state index contributed by atoms with van der Waals surface area (Å²) in [5.41, 5.74) is 0.860. The maximum atomic E-state index is 10.1. The molecule has 2 aromatic carbocycles. The lowest BCUT2D eigenvalue weighted by Crippen LogP contribution is -1.92.